The van der Waals surface area contributed by atoms with E-state index in [1.807, 2.05) is 20.8 Å². The van der Waals surface area contributed by atoms with Gasteiger partial charge in [-0.15, -0.1) is 11.8 Å². The molecule has 18 heavy (non-hydrogen) atoms. The molecule has 1 N–H and O–H groups in total. The Hall–Kier alpha value is -1.07. The average molecular weight is 271 g/mol. The number of carbonyl (C=O) groups is 1. The molecule has 0 aliphatic heterocycles. The van der Waals surface area contributed by atoms with Crippen molar-refractivity contribution in [3.05, 3.63) is 30.1 Å². The first-order chi connectivity index (χ1) is 8.38. The first kappa shape index (κ1) is 15.0. The molecule has 1 amide bonds. The van der Waals surface area contributed by atoms with Crippen molar-refractivity contribution < 1.29 is 14.0 Å². The van der Waals surface area contributed by atoms with E-state index in [1.165, 1.54) is 17.8 Å². The van der Waals surface area contributed by atoms with Gasteiger partial charge in [0.2, 0.25) is 5.91 Å². The number of hydroxylamine groups is 1. The summed E-state index contributed by atoms with van der Waals surface area (Å²) in [7, 11) is 0. The zero-order chi connectivity index (χ0) is 13.6. The van der Waals surface area contributed by atoms with Gasteiger partial charge in [0.05, 0.1) is 5.60 Å². The standard InChI is InChI=1S/C13H18FNO2S/c1-13(2,3)17-15-12(16)8-9-18-11-7-5-4-6-10(11)14/h4-7H,8-9H2,1-3H3,(H,15,16). The van der Waals surface area contributed by atoms with Gasteiger partial charge in [0.25, 0.3) is 0 Å². The van der Waals surface area contributed by atoms with E-state index in [9.17, 15) is 9.18 Å². The van der Waals surface area contributed by atoms with Crippen molar-refractivity contribution in [1.82, 2.24) is 5.48 Å². The van der Waals surface area contributed by atoms with Crippen molar-refractivity contribution in [2.75, 3.05) is 5.75 Å². The Morgan fingerprint density at radius 3 is 2.67 bits per heavy atom. The van der Waals surface area contributed by atoms with Crippen LogP contribution in [0.1, 0.15) is 27.2 Å². The molecule has 0 aliphatic rings. The molecule has 100 valence electrons. The maximum Gasteiger partial charge on any atom is 0.244 e. The first-order valence-corrected chi connectivity index (χ1v) is 6.71. The Morgan fingerprint density at radius 1 is 1.39 bits per heavy atom. The molecule has 0 spiro atoms. The van der Waals surface area contributed by atoms with Crippen molar-refractivity contribution >= 4 is 17.7 Å². The maximum absolute atomic E-state index is 13.3. The van der Waals surface area contributed by atoms with Crippen LogP contribution in [-0.2, 0) is 9.63 Å². The van der Waals surface area contributed by atoms with Crippen molar-refractivity contribution in [3.8, 4) is 0 Å². The van der Waals surface area contributed by atoms with E-state index in [0.29, 0.717) is 10.6 Å². The average Bonchev–Trinajstić information content (AvgIpc) is 2.28. The Labute approximate surface area is 111 Å². The second-order valence-electron chi connectivity index (χ2n) is 4.77. The van der Waals surface area contributed by atoms with Crippen molar-refractivity contribution in [2.24, 2.45) is 0 Å². The summed E-state index contributed by atoms with van der Waals surface area (Å²) < 4.78 is 13.3. The van der Waals surface area contributed by atoms with E-state index in [0.717, 1.165) is 0 Å². The minimum absolute atomic E-state index is 0.200. The first-order valence-electron chi connectivity index (χ1n) is 5.73. The molecule has 0 fully saturated rings. The van der Waals surface area contributed by atoms with Crippen molar-refractivity contribution in [2.45, 2.75) is 37.7 Å². The molecule has 0 bridgehead atoms. The topological polar surface area (TPSA) is 38.3 Å². The zero-order valence-corrected chi connectivity index (χ0v) is 11.6. The second-order valence-corrected chi connectivity index (χ2v) is 5.91. The molecule has 3 nitrogen and oxygen atoms in total. The van der Waals surface area contributed by atoms with Crippen LogP contribution in [0.5, 0.6) is 0 Å². The second kappa shape index (κ2) is 6.75. The smallest absolute Gasteiger partial charge is 0.244 e. The van der Waals surface area contributed by atoms with Crippen LogP contribution in [-0.4, -0.2) is 17.3 Å². The highest BCUT2D eigenvalue weighted by molar-refractivity contribution is 7.99. The number of benzene rings is 1. The summed E-state index contributed by atoms with van der Waals surface area (Å²) in [6.45, 7) is 5.55. The molecular weight excluding hydrogens is 253 g/mol. The summed E-state index contributed by atoms with van der Waals surface area (Å²) in [5, 5.41) is 0. The highest BCUT2D eigenvalue weighted by atomic mass is 32.2. The van der Waals surface area contributed by atoms with Crippen LogP contribution < -0.4 is 5.48 Å². The van der Waals surface area contributed by atoms with Gasteiger partial charge in [0.1, 0.15) is 5.82 Å². The van der Waals surface area contributed by atoms with E-state index in [2.05, 4.69) is 5.48 Å². The van der Waals surface area contributed by atoms with Gasteiger partial charge >= 0.3 is 0 Å². The van der Waals surface area contributed by atoms with Gasteiger partial charge in [0, 0.05) is 17.1 Å². The Morgan fingerprint density at radius 2 is 2.06 bits per heavy atom. The zero-order valence-electron chi connectivity index (χ0n) is 10.8. The summed E-state index contributed by atoms with van der Waals surface area (Å²) in [4.78, 5) is 17.1. The third kappa shape index (κ3) is 6.02. The highest BCUT2D eigenvalue weighted by Gasteiger charge is 2.12. The molecule has 0 saturated carbocycles. The minimum Gasteiger partial charge on any atom is -0.273 e. The number of carbonyl (C=O) groups excluding carboxylic acids is 1. The predicted octanol–water partition coefficient (Wildman–Crippen LogP) is 3.15. The number of amides is 1. The molecule has 0 aliphatic carbocycles. The van der Waals surface area contributed by atoms with E-state index in [4.69, 9.17) is 4.84 Å². The molecule has 1 aromatic rings. The van der Waals surface area contributed by atoms with Crippen LogP contribution in [0.2, 0.25) is 0 Å². The lowest BCUT2D eigenvalue weighted by Crippen LogP contribution is -2.33. The number of thioether (sulfide) groups is 1. The van der Waals surface area contributed by atoms with E-state index in [-0.39, 0.29) is 18.1 Å². The van der Waals surface area contributed by atoms with Gasteiger partial charge in [-0.05, 0) is 32.9 Å². The molecule has 0 radical (unpaired) electrons. The molecule has 5 heteroatoms. The molecule has 0 aromatic heterocycles. The third-order valence-electron chi connectivity index (χ3n) is 1.89. The molecule has 0 unspecified atom stereocenters. The summed E-state index contributed by atoms with van der Waals surface area (Å²) in [6, 6.07) is 6.52. The molecule has 1 rings (SSSR count). The van der Waals surface area contributed by atoms with Gasteiger partial charge in [0.15, 0.2) is 0 Å². The van der Waals surface area contributed by atoms with E-state index < -0.39 is 5.60 Å². The molecule has 0 saturated heterocycles. The SMILES string of the molecule is CC(C)(C)ONC(=O)CCSc1ccccc1F. The van der Waals surface area contributed by atoms with Gasteiger partial charge in [-0.3, -0.25) is 9.63 Å². The summed E-state index contributed by atoms with van der Waals surface area (Å²) in [6.07, 6.45) is 0.287. The minimum atomic E-state index is -0.408. The monoisotopic (exact) mass is 271 g/mol. The van der Waals surface area contributed by atoms with Crippen LogP contribution in [0, 0.1) is 5.82 Å². The van der Waals surface area contributed by atoms with Crippen LogP contribution >= 0.6 is 11.8 Å². The fourth-order valence-corrected chi connectivity index (χ4v) is 1.96. The number of hydrogen-bond acceptors (Lipinski definition) is 3. The number of halogens is 1. The largest absolute Gasteiger partial charge is 0.273 e. The lowest BCUT2D eigenvalue weighted by molar-refractivity contribution is -0.145. The molecule has 1 aromatic carbocycles. The van der Waals surface area contributed by atoms with Gasteiger partial charge in [-0.1, -0.05) is 12.1 Å². The van der Waals surface area contributed by atoms with Gasteiger partial charge in [-0.25, -0.2) is 9.87 Å². The Balaban J connectivity index is 2.26. The Kier molecular flexibility index (Phi) is 5.62. The lowest BCUT2D eigenvalue weighted by atomic mass is 10.2. The van der Waals surface area contributed by atoms with E-state index in [1.54, 1.807) is 18.2 Å². The van der Waals surface area contributed by atoms with Crippen molar-refractivity contribution in [3.63, 3.8) is 0 Å². The van der Waals surface area contributed by atoms with Crippen molar-refractivity contribution in [1.29, 1.82) is 0 Å². The summed E-state index contributed by atoms with van der Waals surface area (Å²) in [5.74, 6) is 0.0582. The quantitative estimate of drug-likeness (QED) is 0.660. The van der Waals surface area contributed by atoms with Crippen LogP contribution in [0.4, 0.5) is 4.39 Å². The van der Waals surface area contributed by atoms with Crippen LogP contribution in [0.3, 0.4) is 0 Å². The fourth-order valence-electron chi connectivity index (χ4n) is 1.08. The number of nitrogens with one attached hydrogen (secondary N) is 1. The molecule has 0 atom stereocenters. The fraction of sp³-hybridized carbons (Fsp3) is 0.462. The normalized spacial score (nSPS) is 11.3. The third-order valence-corrected chi connectivity index (χ3v) is 2.94. The summed E-state index contributed by atoms with van der Waals surface area (Å²) >= 11 is 1.32. The number of rotatable bonds is 5. The predicted molar refractivity (Wildman–Crippen MR) is 70.7 cm³/mol. The van der Waals surface area contributed by atoms with E-state index >= 15 is 0 Å². The Bertz CT molecular complexity index is 404. The summed E-state index contributed by atoms with van der Waals surface area (Å²) in [5.41, 5.74) is 1.97. The van der Waals surface area contributed by atoms with Gasteiger partial charge < -0.3 is 0 Å². The van der Waals surface area contributed by atoms with Crippen LogP contribution in [0.15, 0.2) is 29.2 Å². The van der Waals surface area contributed by atoms with Crippen LogP contribution in [0.25, 0.3) is 0 Å². The van der Waals surface area contributed by atoms with Gasteiger partial charge in [-0.2, -0.15) is 0 Å². The molecule has 0 heterocycles. The lowest BCUT2D eigenvalue weighted by Gasteiger charge is -2.18. The molecular formula is C13H18FNO2S. The number of hydrogen-bond donors (Lipinski definition) is 1. The maximum atomic E-state index is 13.3. The highest BCUT2D eigenvalue weighted by Crippen LogP contribution is 2.21.